The number of nitrogens with zero attached hydrogens (tertiary/aromatic N) is 1. The smallest absolute Gasteiger partial charge is 0.0541 e. The Bertz CT molecular complexity index is 2740. The van der Waals surface area contributed by atoms with E-state index in [9.17, 15) is 0 Å². The Hall–Kier alpha value is -5.74. The topological polar surface area (TPSA) is 4.93 Å². The summed E-state index contributed by atoms with van der Waals surface area (Å²) in [5, 5.41) is 2.52. The third kappa shape index (κ3) is 5.20. The zero-order valence-electron chi connectivity index (χ0n) is 27.7. The van der Waals surface area contributed by atoms with Gasteiger partial charge in [-0.3, -0.25) is 0 Å². The third-order valence-electron chi connectivity index (χ3n) is 9.89. The van der Waals surface area contributed by atoms with Gasteiger partial charge < -0.3 is 4.57 Å². The number of para-hydroxylation sites is 2. The molecule has 0 saturated carbocycles. The molecule has 0 unspecified atom stereocenters. The molecule has 10 rings (SSSR count). The minimum atomic E-state index is 1.17. The third-order valence-corrected chi connectivity index (χ3v) is 12.3. The Morgan fingerprint density at radius 2 is 0.902 bits per heavy atom. The quantitative estimate of drug-likeness (QED) is 0.182. The van der Waals surface area contributed by atoms with Gasteiger partial charge in [-0.1, -0.05) is 157 Å². The van der Waals surface area contributed by atoms with Crippen molar-refractivity contribution < 1.29 is 0 Å². The van der Waals surface area contributed by atoms with Gasteiger partial charge in [-0.15, -0.1) is 0 Å². The lowest BCUT2D eigenvalue weighted by Gasteiger charge is -2.22. The average molecular weight is 686 g/mol. The standard InChI is InChI=1S/C48H31NS2/c1-3-14-32(15-4-1)33-27-29-47-42(30-33)39-20-9-12-25-46(39)50-45-24-11-8-19-38(45)40-22-13-21-36(48(40)51-47)34-26-28-44-41(31-34)37-18-7-10-23-43(37)49(44)35-16-5-2-6-17-35/h1-31H. The summed E-state index contributed by atoms with van der Waals surface area (Å²) in [7, 11) is 0. The van der Waals surface area contributed by atoms with Crippen LogP contribution < -0.4 is 0 Å². The summed E-state index contributed by atoms with van der Waals surface area (Å²) in [6.45, 7) is 0. The predicted octanol–water partition coefficient (Wildman–Crippen LogP) is 14.1. The summed E-state index contributed by atoms with van der Waals surface area (Å²) >= 11 is 3.75. The zero-order valence-corrected chi connectivity index (χ0v) is 29.3. The number of hydrogen-bond acceptors (Lipinski definition) is 2. The van der Waals surface area contributed by atoms with Gasteiger partial charge in [0.1, 0.15) is 0 Å². The van der Waals surface area contributed by atoms with Gasteiger partial charge in [-0.2, -0.15) is 0 Å². The summed E-state index contributed by atoms with van der Waals surface area (Å²) in [6, 6.07) is 68.8. The van der Waals surface area contributed by atoms with Crippen molar-refractivity contribution in [3.63, 3.8) is 0 Å². The molecule has 1 aromatic heterocycles. The van der Waals surface area contributed by atoms with Gasteiger partial charge in [0.15, 0.2) is 0 Å². The summed E-state index contributed by atoms with van der Waals surface area (Å²) < 4.78 is 2.39. The Balaban J connectivity index is 1.22. The Kier molecular flexibility index (Phi) is 7.41. The Labute approximate surface area is 306 Å². The Morgan fingerprint density at radius 3 is 1.71 bits per heavy atom. The average Bonchev–Trinajstić information content (AvgIpc) is 3.53. The first-order valence-electron chi connectivity index (χ1n) is 17.3. The van der Waals surface area contributed by atoms with Crippen molar-refractivity contribution in [2.24, 2.45) is 0 Å². The van der Waals surface area contributed by atoms with Gasteiger partial charge >= 0.3 is 0 Å². The summed E-state index contributed by atoms with van der Waals surface area (Å²) in [4.78, 5) is 5.03. The number of hydrogen-bond donors (Lipinski definition) is 0. The molecule has 0 spiro atoms. The first-order chi connectivity index (χ1) is 25.3. The molecular formula is C48H31NS2. The maximum atomic E-state index is 2.40. The fraction of sp³-hybridized carbons (Fsp3) is 0. The van der Waals surface area contributed by atoms with E-state index in [1.54, 1.807) is 0 Å². The lowest BCUT2D eigenvalue weighted by atomic mass is 9.97. The SMILES string of the molecule is c1ccc(-c2ccc3c(c2)-c2ccccc2Sc2ccccc2-c2cccc(-c4ccc5c(c4)c4ccccc4n5-c4ccccc4)c2S3)cc1. The predicted molar refractivity (Wildman–Crippen MR) is 217 cm³/mol. The molecule has 0 N–H and O–H groups in total. The molecule has 1 aliphatic heterocycles. The van der Waals surface area contributed by atoms with Crippen LogP contribution in [-0.4, -0.2) is 4.57 Å². The normalized spacial score (nSPS) is 12.2. The van der Waals surface area contributed by atoms with Crippen LogP contribution in [0.4, 0.5) is 0 Å². The molecule has 1 aliphatic rings. The van der Waals surface area contributed by atoms with Crippen LogP contribution in [-0.2, 0) is 0 Å². The minimum Gasteiger partial charge on any atom is -0.309 e. The molecule has 1 nitrogen and oxygen atoms in total. The second kappa shape index (κ2) is 12.5. The molecule has 0 bridgehead atoms. The van der Waals surface area contributed by atoms with E-state index in [0.717, 1.165) is 0 Å². The van der Waals surface area contributed by atoms with Crippen LogP contribution in [0.3, 0.4) is 0 Å². The number of aromatic nitrogens is 1. The maximum absolute atomic E-state index is 2.40. The van der Waals surface area contributed by atoms with Gasteiger partial charge in [0.25, 0.3) is 0 Å². The molecule has 8 aromatic carbocycles. The zero-order chi connectivity index (χ0) is 33.7. The van der Waals surface area contributed by atoms with E-state index < -0.39 is 0 Å². The molecule has 240 valence electrons. The van der Waals surface area contributed by atoms with Gasteiger partial charge in [0, 0.05) is 36.0 Å². The van der Waals surface area contributed by atoms with Crippen molar-refractivity contribution in [1.82, 2.24) is 4.57 Å². The van der Waals surface area contributed by atoms with Crippen LogP contribution in [0.15, 0.2) is 208 Å². The van der Waals surface area contributed by atoms with E-state index in [-0.39, 0.29) is 0 Å². The van der Waals surface area contributed by atoms with Crippen molar-refractivity contribution >= 4 is 45.3 Å². The van der Waals surface area contributed by atoms with Gasteiger partial charge in [-0.05, 0) is 99.1 Å². The van der Waals surface area contributed by atoms with Crippen LogP contribution in [0.5, 0.6) is 0 Å². The molecular weight excluding hydrogens is 655 g/mol. The summed E-state index contributed by atoms with van der Waals surface area (Å²) in [5.41, 5.74) is 13.5. The van der Waals surface area contributed by atoms with Crippen LogP contribution in [0.1, 0.15) is 0 Å². The molecule has 3 heteroatoms. The fourth-order valence-corrected chi connectivity index (χ4v) is 9.83. The maximum Gasteiger partial charge on any atom is 0.0541 e. The van der Waals surface area contributed by atoms with Gasteiger partial charge in [0.2, 0.25) is 0 Å². The van der Waals surface area contributed by atoms with E-state index in [0.29, 0.717) is 0 Å². The molecule has 0 fully saturated rings. The van der Waals surface area contributed by atoms with Crippen molar-refractivity contribution in [2.75, 3.05) is 0 Å². The van der Waals surface area contributed by atoms with Crippen molar-refractivity contribution in [3.8, 4) is 50.2 Å². The second-order valence-electron chi connectivity index (χ2n) is 12.9. The molecule has 2 heterocycles. The van der Waals surface area contributed by atoms with Gasteiger partial charge in [-0.25, -0.2) is 0 Å². The first-order valence-corrected chi connectivity index (χ1v) is 18.9. The van der Waals surface area contributed by atoms with E-state index in [1.165, 1.54) is 91.6 Å². The second-order valence-corrected chi connectivity index (χ2v) is 15.0. The van der Waals surface area contributed by atoms with Crippen LogP contribution in [0.2, 0.25) is 0 Å². The molecule has 0 aliphatic carbocycles. The number of benzene rings is 8. The molecule has 0 amide bonds. The molecule has 9 aromatic rings. The number of rotatable bonds is 3. The lowest BCUT2D eigenvalue weighted by Crippen LogP contribution is -1.95. The lowest BCUT2D eigenvalue weighted by molar-refractivity contribution is 1.18. The largest absolute Gasteiger partial charge is 0.309 e. The first kappa shape index (κ1) is 30.1. The highest BCUT2D eigenvalue weighted by Crippen LogP contribution is 2.52. The van der Waals surface area contributed by atoms with E-state index in [4.69, 9.17) is 0 Å². The highest BCUT2D eigenvalue weighted by atomic mass is 32.2. The summed E-state index contributed by atoms with van der Waals surface area (Å²) in [6.07, 6.45) is 0. The van der Waals surface area contributed by atoms with Crippen molar-refractivity contribution in [2.45, 2.75) is 19.6 Å². The molecule has 0 saturated heterocycles. The molecule has 0 radical (unpaired) electrons. The molecule has 0 atom stereocenters. The monoisotopic (exact) mass is 685 g/mol. The highest BCUT2D eigenvalue weighted by molar-refractivity contribution is 8.00. The van der Waals surface area contributed by atoms with E-state index in [1.807, 2.05) is 23.5 Å². The van der Waals surface area contributed by atoms with Crippen LogP contribution >= 0.6 is 23.5 Å². The van der Waals surface area contributed by atoms with Crippen molar-refractivity contribution in [1.29, 1.82) is 0 Å². The molecule has 51 heavy (non-hydrogen) atoms. The van der Waals surface area contributed by atoms with E-state index in [2.05, 4.69) is 193 Å². The summed E-state index contributed by atoms with van der Waals surface area (Å²) in [5.74, 6) is 0. The van der Waals surface area contributed by atoms with Gasteiger partial charge in [0.05, 0.1) is 11.0 Å². The van der Waals surface area contributed by atoms with E-state index >= 15 is 0 Å². The minimum absolute atomic E-state index is 1.17. The highest BCUT2D eigenvalue weighted by Gasteiger charge is 2.22. The Morgan fingerprint density at radius 1 is 0.314 bits per heavy atom. The van der Waals surface area contributed by atoms with Crippen molar-refractivity contribution in [3.05, 3.63) is 188 Å². The number of fused-ring (bicyclic) bond motifs is 9. The fourth-order valence-electron chi connectivity index (χ4n) is 7.51. The van der Waals surface area contributed by atoms with Crippen LogP contribution in [0, 0.1) is 0 Å². The van der Waals surface area contributed by atoms with Crippen LogP contribution in [0.25, 0.3) is 72.0 Å².